The first kappa shape index (κ1) is 29.9. The number of allylic oxidation sites excluding steroid dienone is 3. The lowest BCUT2D eigenvalue weighted by molar-refractivity contribution is -0.137. The second-order valence-electron chi connectivity index (χ2n) is 9.66. The van der Waals surface area contributed by atoms with Gasteiger partial charge in [0.2, 0.25) is 0 Å². The zero-order chi connectivity index (χ0) is 28.4. The van der Waals surface area contributed by atoms with Gasteiger partial charge in [0.15, 0.2) is 0 Å². The predicted octanol–water partition coefficient (Wildman–Crippen LogP) is 6.45. The summed E-state index contributed by atoms with van der Waals surface area (Å²) in [5.74, 6) is 0.730. The maximum atomic E-state index is 13.3. The number of anilines is 1. The van der Waals surface area contributed by atoms with Crippen LogP contribution in [-0.2, 0) is 15.7 Å². The predicted molar refractivity (Wildman–Crippen MR) is 144 cm³/mol. The van der Waals surface area contributed by atoms with Crippen molar-refractivity contribution < 1.29 is 27.4 Å². The summed E-state index contributed by atoms with van der Waals surface area (Å²) in [7, 11) is 0. The maximum absolute atomic E-state index is 13.3. The highest BCUT2D eigenvalue weighted by Gasteiger charge is 2.34. The molecule has 0 radical (unpaired) electrons. The highest BCUT2D eigenvalue weighted by atomic mass is 19.4. The van der Waals surface area contributed by atoms with Gasteiger partial charge in [0.25, 0.3) is 0 Å². The Hall–Kier alpha value is -3.61. The van der Waals surface area contributed by atoms with Crippen molar-refractivity contribution in [1.29, 1.82) is 5.26 Å². The van der Waals surface area contributed by atoms with Crippen LogP contribution in [0.3, 0.4) is 0 Å². The highest BCUT2D eigenvalue weighted by Crippen LogP contribution is 2.34. The summed E-state index contributed by atoms with van der Waals surface area (Å²) in [4.78, 5) is 16.0. The molecular formula is C29H37F3N4O3. The van der Waals surface area contributed by atoms with E-state index in [9.17, 15) is 18.0 Å². The number of piperazine rings is 1. The number of amides is 1. The Balaban J connectivity index is 1.52. The van der Waals surface area contributed by atoms with Gasteiger partial charge in [-0.15, -0.1) is 0 Å². The van der Waals surface area contributed by atoms with Gasteiger partial charge < -0.3 is 24.6 Å². The standard InChI is InChI=1S/C29H37F3N4O3/c1-4-17-38-28(37)36-15-13-35(14-16-36)24(5-2)19-25(6-3)39-26-11-9-22(10-12-26)34-23-8-7-21(20-33)27(18-23)29(30,31)32/h5-8,18-19,22,26,34H,2,4,9-17H2,1,3H3/b24-19+,25-6+/t22-,26-. The molecule has 1 aliphatic heterocycles. The number of hydrogen-bond donors (Lipinski definition) is 1. The van der Waals surface area contributed by atoms with E-state index in [0.717, 1.165) is 49.6 Å². The monoisotopic (exact) mass is 546 g/mol. The molecule has 0 spiro atoms. The molecule has 1 amide bonds. The minimum atomic E-state index is -4.58. The molecule has 7 nitrogen and oxygen atoms in total. The normalized spacial score (nSPS) is 20.7. The quantitative estimate of drug-likeness (QED) is 0.283. The van der Waals surface area contributed by atoms with E-state index in [-0.39, 0.29) is 23.8 Å². The van der Waals surface area contributed by atoms with Crippen LogP contribution in [0, 0.1) is 11.3 Å². The lowest BCUT2D eigenvalue weighted by atomic mass is 9.92. The Morgan fingerprint density at radius 3 is 2.41 bits per heavy atom. The number of carbonyl (C=O) groups excluding carboxylic acids is 1. The summed E-state index contributed by atoms with van der Waals surface area (Å²) in [6, 6.07) is 5.36. The number of nitrogens with zero attached hydrogens (tertiary/aromatic N) is 3. The van der Waals surface area contributed by atoms with Gasteiger partial charge in [-0.1, -0.05) is 13.5 Å². The molecule has 1 saturated carbocycles. The van der Waals surface area contributed by atoms with Crippen molar-refractivity contribution in [2.75, 3.05) is 38.1 Å². The van der Waals surface area contributed by atoms with Gasteiger partial charge in [-0.05, 0) is 69.4 Å². The molecule has 39 heavy (non-hydrogen) atoms. The number of ether oxygens (including phenoxy) is 2. The average molecular weight is 547 g/mol. The van der Waals surface area contributed by atoms with Gasteiger partial charge in [-0.2, -0.15) is 18.4 Å². The van der Waals surface area contributed by atoms with Gasteiger partial charge in [0.1, 0.15) is 5.76 Å². The number of benzene rings is 1. The fourth-order valence-corrected chi connectivity index (χ4v) is 4.76. The first-order chi connectivity index (χ1) is 18.7. The van der Waals surface area contributed by atoms with E-state index in [0.29, 0.717) is 38.5 Å². The average Bonchev–Trinajstić information content (AvgIpc) is 2.94. The Bertz CT molecular complexity index is 1090. The molecule has 3 rings (SSSR count). The number of carbonyl (C=O) groups is 1. The Kier molecular flexibility index (Phi) is 10.7. The van der Waals surface area contributed by atoms with E-state index in [1.54, 1.807) is 17.0 Å². The third-order valence-electron chi connectivity index (χ3n) is 6.91. The smallest absolute Gasteiger partial charge is 0.417 e. The van der Waals surface area contributed by atoms with Crippen molar-refractivity contribution >= 4 is 11.8 Å². The van der Waals surface area contributed by atoms with Gasteiger partial charge in [-0.25, -0.2) is 4.79 Å². The SMILES string of the molecule is C=C/C(=C\C(=C/C)O[C@H]1CC[C@H](Nc2ccc(C#N)c(C(F)(F)F)c2)CC1)N1CCN(C(=O)OCCC)CC1. The summed E-state index contributed by atoms with van der Waals surface area (Å²) < 4.78 is 51.4. The van der Waals surface area contributed by atoms with Crippen molar-refractivity contribution in [3.63, 3.8) is 0 Å². The zero-order valence-electron chi connectivity index (χ0n) is 22.6. The number of alkyl halides is 3. The molecular weight excluding hydrogens is 509 g/mol. The number of hydrogen-bond acceptors (Lipinski definition) is 6. The van der Waals surface area contributed by atoms with Crippen LogP contribution in [0.25, 0.3) is 0 Å². The number of nitrogens with one attached hydrogen (secondary N) is 1. The second kappa shape index (κ2) is 14.0. The van der Waals surface area contributed by atoms with Crippen LogP contribution in [0.1, 0.15) is 57.1 Å². The van der Waals surface area contributed by atoms with E-state index < -0.39 is 11.7 Å². The molecule has 0 bridgehead atoms. The zero-order valence-corrected chi connectivity index (χ0v) is 22.6. The fraction of sp³-hybridized carbons (Fsp3) is 0.517. The Labute approximate surface area is 228 Å². The molecule has 2 aliphatic rings. The van der Waals surface area contributed by atoms with Crippen LogP contribution in [0.5, 0.6) is 0 Å². The third kappa shape index (κ3) is 8.44. The molecule has 212 valence electrons. The minimum Gasteiger partial charge on any atom is -0.491 e. The van der Waals surface area contributed by atoms with E-state index in [1.165, 1.54) is 12.1 Å². The lowest BCUT2D eigenvalue weighted by Crippen LogP contribution is -2.48. The van der Waals surface area contributed by atoms with Crippen molar-refractivity contribution in [3.05, 3.63) is 65.6 Å². The van der Waals surface area contributed by atoms with Gasteiger partial charge in [0, 0.05) is 49.7 Å². The summed E-state index contributed by atoms with van der Waals surface area (Å²) in [5.41, 5.74) is -0.0295. The number of halogens is 3. The highest BCUT2D eigenvalue weighted by molar-refractivity contribution is 5.67. The van der Waals surface area contributed by atoms with Crippen molar-refractivity contribution in [1.82, 2.24) is 9.80 Å². The molecule has 10 heteroatoms. The third-order valence-corrected chi connectivity index (χ3v) is 6.91. The van der Waals surface area contributed by atoms with Crippen molar-refractivity contribution in [3.8, 4) is 6.07 Å². The summed E-state index contributed by atoms with van der Waals surface area (Å²) in [5, 5.41) is 12.2. The van der Waals surface area contributed by atoms with E-state index in [2.05, 4.69) is 16.8 Å². The fourth-order valence-electron chi connectivity index (χ4n) is 4.76. The molecule has 1 N–H and O–H groups in total. The number of rotatable bonds is 9. The van der Waals surface area contributed by atoms with Crippen LogP contribution in [0.15, 0.2) is 54.5 Å². The van der Waals surface area contributed by atoms with Crippen molar-refractivity contribution in [2.45, 2.75) is 64.3 Å². The number of nitriles is 1. The van der Waals surface area contributed by atoms with E-state index in [4.69, 9.17) is 14.7 Å². The van der Waals surface area contributed by atoms with Gasteiger partial charge >= 0.3 is 12.3 Å². The molecule has 1 saturated heterocycles. The Morgan fingerprint density at radius 2 is 1.85 bits per heavy atom. The first-order valence-electron chi connectivity index (χ1n) is 13.4. The maximum Gasteiger partial charge on any atom is 0.417 e. The van der Waals surface area contributed by atoms with Crippen LogP contribution < -0.4 is 5.32 Å². The molecule has 1 aliphatic carbocycles. The van der Waals surface area contributed by atoms with Crippen LogP contribution in [0.4, 0.5) is 23.7 Å². The molecule has 1 aromatic rings. The first-order valence-corrected chi connectivity index (χ1v) is 13.4. The van der Waals surface area contributed by atoms with Gasteiger partial charge in [0.05, 0.1) is 29.9 Å². The van der Waals surface area contributed by atoms with Crippen LogP contribution in [-0.4, -0.2) is 60.8 Å². The minimum absolute atomic E-state index is 0.00607. The molecule has 0 aromatic heterocycles. The molecule has 0 atom stereocenters. The molecule has 1 heterocycles. The summed E-state index contributed by atoms with van der Waals surface area (Å²) >= 11 is 0. The molecule has 0 unspecified atom stereocenters. The van der Waals surface area contributed by atoms with Crippen LogP contribution >= 0.6 is 0 Å². The van der Waals surface area contributed by atoms with E-state index in [1.807, 2.05) is 26.0 Å². The lowest BCUT2D eigenvalue weighted by Gasteiger charge is -2.36. The molecule has 2 fully saturated rings. The summed E-state index contributed by atoms with van der Waals surface area (Å²) in [6.07, 6.45) is 4.58. The topological polar surface area (TPSA) is 77.8 Å². The molecule has 1 aromatic carbocycles. The summed E-state index contributed by atoms with van der Waals surface area (Å²) in [6.45, 7) is 10.7. The second-order valence-corrected chi connectivity index (χ2v) is 9.66. The largest absolute Gasteiger partial charge is 0.491 e. The van der Waals surface area contributed by atoms with Gasteiger partial charge in [-0.3, -0.25) is 0 Å². The van der Waals surface area contributed by atoms with E-state index >= 15 is 0 Å². The van der Waals surface area contributed by atoms with Crippen LogP contribution in [0.2, 0.25) is 0 Å². The van der Waals surface area contributed by atoms with Crippen molar-refractivity contribution in [2.24, 2.45) is 0 Å². The Morgan fingerprint density at radius 1 is 1.18 bits per heavy atom.